The Kier molecular flexibility index (Phi) is 3.32. The molecule has 2 heterocycles. The molecule has 90 valence electrons. The highest BCUT2D eigenvalue weighted by Gasteiger charge is 2.09. The predicted molar refractivity (Wildman–Crippen MR) is 64.7 cm³/mol. The Balaban J connectivity index is 1.98. The van der Waals surface area contributed by atoms with Crippen molar-refractivity contribution in [3.05, 3.63) is 30.1 Å². The topological polar surface area (TPSA) is 68.5 Å². The third kappa shape index (κ3) is 2.77. The molecule has 0 aliphatic carbocycles. The van der Waals surface area contributed by atoms with Crippen molar-refractivity contribution in [2.24, 2.45) is 0 Å². The summed E-state index contributed by atoms with van der Waals surface area (Å²) in [5.41, 5.74) is 2.20. The molecule has 2 aromatic heterocycles. The van der Waals surface area contributed by atoms with E-state index in [-0.39, 0.29) is 6.04 Å². The molecule has 6 heteroatoms. The minimum absolute atomic E-state index is 0.250. The van der Waals surface area contributed by atoms with Gasteiger partial charge in [-0.05, 0) is 26.8 Å². The zero-order valence-corrected chi connectivity index (χ0v) is 10.3. The molecular weight excluding hydrogens is 216 g/mol. The van der Waals surface area contributed by atoms with E-state index in [2.05, 4.69) is 45.3 Å². The number of anilines is 1. The van der Waals surface area contributed by atoms with Crippen molar-refractivity contribution in [3.8, 4) is 0 Å². The van der Waals surface area contributed by atoms with Gasteiger partial charge in [0.2, 0.25) is 5.95 Å². The summed E-state index contributed by atoms with van der Waals surface area (Å²) in [6, 6.07) is 2.32. The van der Waals surface area contributed by atoms with E-state index in [1.54, 1.807) is 0 Å². The monoisotopic (exact) mass is 232 g/mol. The van der Waals surface area contributed by atoms with Gasteiger partial charge in [-0.1, -0.05) is 0 Å². The van der Waals surface area contributed by atoms with Crippen LogP contribution in [-0.2, 0) is 0 Å². The first-order valence-corrected chi connectivity index (χ1v) is 5.55. The standard InChI is InChI=1S/C11H16N6/c1-8-4-9(2)17(16-8)10(3)5-13-11-14-6-12-7-15-11/h4,6-7,10H,5H2,1-3H3,(H,12,13,14,15)/t10-/m0/s1. The Bertz CT molecular complexity index is 478. The van der Waals surface area contributed by atoms with E-state index in [1.807, 2.05) is 11.6 Å². The normalized spacial score (nSPS) is 12.4. The molecule has 17 heavy (non-hydrogen) atoms. The zero-order chi connectivity index (χ0) is 12.3. The molecule has 2 aromatic rings. The number of nitrogens with one attached hydrogen (secondary N) is 1. The molecule has 0 spiro atoms. The van der Waals surface area contributed by atoms with Crippen LogP contribution >= 0.6 is 0 Å². The van der Waals surface area contributed by atoms with Gasteiger partial charge in [0, 0.05) is 12.2 Å². The highest BCUT2D eigenvalue weighted by atomic mass is 15.3. The highest BCUT2D eigenvalue weighted by molar-refractivity contribution is 5.21. The average molecular weight is 232 g/mol. The van der Waals surface area contributed by atoms with Crippen LogP contribution in [-0.4, -0.2) is 31.3 Å². The molecule has 1 atom stereocenters. The third-order valence-electron chi connectivity index (χ3n) is 2.51. The van der Waals surface area contributed by atoms with Gasteiger partial charge < -0.3 is 5.32 Å². The van der Waals surface area contributed by atoms with Crippen LogP contribution in [0.15, 0.2) is 18.7 Å². The SMILES string of the molecule is Cc1cc(C)n([C@@H](C)CNc2ncncn2)n1. The molecule has 0 aromatic carbocycles. The zero-order valence-electron chi connectivity index (χ0n) is 10.3. The van der Waals surface area contributed by atoms with Crippen LogP contribution in [0.4, 0.5) is 5.95 Å². The van der Waals surface area contributed by atoms with E-state index >= 15 is 0 Å². The molecule has 0 unspecified atom stereocenters. The summed E-state index contributed by atoms with van der Waals surface area (Å²) in [7, 11) is 0. The first-order valence-electron chi connectivity index (χ1n) is 5.55. The van der Waals surface area contributed by atoms with Gasteiger partial charge in [-0.3, -0.25) is 4.68 Å². The average Bonchev–Trinajstić information content (AvgIpc) is 2.67. The molecule has 0 saturated carbocycles. The lowest BCUT2D eigenvalue weighted by atomic mass is 10.3. The summed E-state index contributed by atoms with van der Waals surface area (Å²) in [5, 5.41) is 7.60. The fourth-order valence-electron chi connectivity index (χ4n) is 1.75. The Hall–Kier alpha value is -1.98. The maximum Gasteiger partial charge on any atom is 0.225 e. The lowest BCUT2D eigenvalue weighted by Gasteiger charge is -2.14. The van der Waals surface area contributed by atoms with Gasteiger partial charge in [0.25, 0.3) is 0 Å². The van der Waals surface area contributed by atoms with Crippen LogP contribution < -0.4 is 5.32 Å². The summed E-state index contributed by atoms with van der Waals surface area (Å²) >= 11 is 0. The van der Waals surface area contributed by atoms with E-state index < -0.39 is 0 Å². The lowest BCUT2D eigenvalue weighted by Crippen LogP contribution is -2.19. The first kappa shape index (κ1) is 11.5. The van der Waals surface area contributed by atoms with Gasteiger partial charge >= 0.3 is 0 Å². The summed E-state index contributed by atoms with van der Waals surface area (Å²) in [5.74, 6) is 0.591. The first-order chi connectivity index (χ1) is 8.16. The summed E-state index contributed by atoms with van der Waals surface area (Å²) < 4.78 is 2.00. The second-order valence-electron chi connectivity index (χ2n) is 4.06. The molecule has 0 aliphatic rings. The molecule has 0 fully saturated rings. The minimum atomic E-state index is 0.250. The predicted octanol–water partition coefficient (Wildman–Crippen LogP) is 1.36. The number of rotatable bonds is 4. The Morgan fingerprint density at radius 3 is 2.59 bits per heavy atom. The molecule has 6 nitrogen and oxygen atoms in total. The van der Waals surface area contributed by atoms with Gasteiger partial charge in [0.15, 0.2) is 0 Å². The van der Waals surface area contributed by atoms with E-state index in [0.717, 1.165) is 17.9 Å². The number of nitrogens with zero attached hydrogens (tertiary/aromatic N) is 5. The fourth-order valence-corrected chi connectivity index (χ4v) is 1.75. The van der Waals surface area contributed by atoms with E-state index in [0.29, 0.717) is 5.95 Å². The highest BCUT2D eigenvalue weighted by Crippen LogP contribution is 2.10. The molecule has 2 rings (SSSR count). The van der Waals surface area contributed by atoms with Crippen LogP contribution in [0.2, 0.25) is 0 Å². The summed E-state index contributed by atoms with van der Waals surface area (Å²) in [6.45, 7) is 6.88. The number of aromatic nitrogens is 5. The minimum Gasteiger partial charge on any atom is -0.352 e. The van der Waals surface area contributed by atoms with Crippen LogP contribution in [0.3, 0.4) is 0 Å². The summed E-state index contributed by atoms with van der Waals surface area (Å²) in [6.07, 6.45) is 2.95. The van der Waals surface area contributed by atoms with Gasteiger partial charge in [-0.2, -0.15) is 5.10 Å². The lowest BCUT2D eigenvalue weighted by molar-refractivity contribution is 0.496. The summed E-state index contributed by atoms with van der Waals surface area (Å²) in [4.78, 5) is 11.8. The number of hydrogen-bond acceptors (Lipinski definition) is 5. The van der Waals surface area contributed by atoms with Crippen molar-refractivity contribution in [2.75, 3.05) is 11.9 Å². The number of aryl methyl sites for hydroxylation is 2. The van der Waals surface area contributed by atoms with E-state index in [1.165, 1.54) is 12.7 Å². The quantitative estimate of drug-likeness (QED) is 0.862. The third-order valence-corrected chi connectivity index (χ3v) is 2.51. The molecule has 1 N–H and O–H groups in total. The van der Waals surface area contributed by atoms with Gasteiger partial charge in [0.05, 0.1) is 11.7 Å². The molecule has 0 amide bonds. The van der Waals surface area contributed by atoms with Crippen LogP contribution in [0.5, 0.6) is 0 Å². The molecular formula is C11H16N6. The second kappa shape index (κ2) is 4.90. The molecule has 0 aliphatic heterocycles. The molecule has 0 saturated heterocycles. The van der Waals surface area contributed by atoms with Crippen LogP contribution in [0, 0.1) is 13.8 Å². The van der Waals surface area contributed by atoms with Crippen LogP contribution in [0.25, 0.3) is 0 Å². The van der Waals surface area contributed by atoms with Gasteiger partial charge in [0.1, 0.15) is 12.7 Å². The van der Waals surface area contributed by atoms with Gasteiger partial charge in [-0.15, -0.1) is 0 Å². The second-order valence-corrected chi connectivity index (χ2v) is 4.06. The van der Waals surface area contributed by atoms with Crippen molar-refractivity contribution < 1.29 is 0 Å². The van der Waals surface area contributed by atoms with Gasteiger partial charge in [-0.25, -0.2) is 15.0 Å². The van der Waals surface area contributed by atoms with Crippen molar-refractivity contribution in [1.82, 2.24) is 24.7 Å². The largest absolute Gasteiger partial charge is 0.352 e. The maximum absolute atomic E-state index is 4.45. The fraction of sp³-hybridized carbons (Fsp3) is 0.455. The van der Waals surface area contributed by atoms with Crippen molar-refractivity contribution >= 4 is 5.95 Å². The Morgan fingerprint density at radius 1 is 1.29 bits per heavy atom. The molecule has 0 radical (unpaired) electrons. The molecule has 0 bridgehead atoms. The van der Waals surface area contributed by atoms with Crippen molar-refractivity contribution in [2.45, 2.75) is 26.8 Å². The number of hydrogen-bond donors (Lipinski definition) is 1. The van der Waals surface area contributed by atoms with Crippen LogP contribution in [0.1, 0.15) is 24.4 Å². The smallest absolute Gasteiger partial charge is 0.225 e. The maximum atomic E-state index is 4.45. The van der Waals surface area contributed by atoms with Crippen molar-refractivity contribution in [3.63, 3.8) is 0 Å². The van der Waals surface area contributed by atoms with Crippen molar-refractivity contribution in [1.29, 1.82) is 0 Å². The Labute approximate surface area is 100 Å². The Morgan fingerprint density at radius 2 is 2.00 bits per heavy atom. The van der Waals surface area contributed by atoms with E-state index in [9.17, 15) is 0 Å². The van der Waals surface area contributed by atoms with E-state index in [4.69, 9.17) is 0 Å².